The number of fused-ring (bicyclic) bond motifs is 1. The number of β-amino-alcohol motifs (C(OH)–C–C–N with tert-alkyl or cyclic N) is 1. The first-order chi connectivity index (χ1) is 18.9. The van der Waals surface area contributed by atoms with Crippen molar-refractivity contribution in [1.82, 2.24) is 4.57 Å². The van der Waals surface area contributed by atoms with E-state index in [1.54, 1.807) is 44.0 Å². The van der Waals surface area contributed by atoms with Gasteiger partial charge in [-0.1, -0.05) is 20.8 Å². The predicted octanol–water partition coefficient (Wildman–Crippen LogP) is 4.54. The zero-order valence-corrected chi connectivity index (χ0v) is 24.3. The fraction of sp³-hybridized carbons (Fsp3) is 0.500. The van der Waals surface area contributed by atoms with Crippen LogP contribution >= 0.6 is 0 Å². The van der Waals surface area contributed by atoms with E-state index >= 15 is 4.39 Å². The van der Waals surface area contributed by atoms with Gasteiger partial charge in [0, 0.05) is 42.9 Å². The molecule has 0 radical (unpaired) electrons. The molecule has 2 atom stereocenters. The van der Waals surface area contributed by atoms with E-state index in [9.17, 15) is 9.90 Å². The second kappa shape index (κ2) is 11.5. The van der Waals surface area contributed by atoms with Gasteiger partial charge in [-0.3, -0.25) is 4.79 Å². The molecule has 2 aromatic carbocycles. The van der Waals surface area contributed by atoms with Crippen LogP contribution in [0.2, 0.25) is 0 Å². The molecule has 40 heavy (non-hydrogen) atoms. The van der Waals surface area contributed by atoms with E-state index in [1.807, 2.05) is 38.7 Å². The molecule has 1 saturated heterocycles. The number of carbonyl (C=O) groups is 1. The zero-order valence-electron chi connectivity index (χ0n) is 24.3. The highest BCUT2D eigenvalue weighted by Gasteiger charge is 2.35. The number of aliphatic hydroxyl groups is 1. The quantitative estimate of drug-likeness (QED) is 0.350. The maximum atomic E-state index is 15.5. The van der Waals surface area contributed by atoms with Crippen LogP contribution in [-0.2, 0) is 16.7 Å². The van der Waals surface area contributed by atoms with E-state index < -0.39 is 11.9 Å². The van der Waals surface area contributed by atoms with Crippen molar-refractivity contribution in [1.29, 1.82) is 0 Å². The SMILES string of the molecule is CCOc1cc2cn(CC(=O)c3cc(N4C[C@H](OC)[C@@H](O)C4)c(OC)c(C(C)(C)C)c3)c(N)c2c(F)c1OCC. The number of rotatable bonds is 10. The lowest BCUT2D eigenvalue weighted by atomic mass is 9.84. The molecule has 1 aliphatic rings. The number of carbonyl (C=O) groups excluding carboxylic acids is 1. The van der Waals surface area contributed by atoms with E-state index in [-0.39, 0.29) is 53.2 Å². The lowest BCUT2D eigenvalue weighted by Gasteiger charge is -2.29. The van der Waals surface area contributed by atoms with Crippen molar-refractivity contribution in [3.05, 3.63) is 41.3 Å². The minimum Gasteiger partial charge on any atom is -0.494 e. The van der Waals surface area contributed by atoms with Crippen molar-refractivity contribution in [2.75, 3.05) is 51.2 Å². The molecular weight excluding hydrogens is 517 g/mol. The molecule has 0 unspecified atom stereocenters. The van der Waals surface area contributed by atoms with Gasteiger partial charge in [0.2, 0.25) is 0 Å². The van der Waals surface area contributed by atoms with Crippen molar-refractivity contribution in [2.24, 2.45) is 0 Å². The first kappa shape index (κ1) is 29.5. The second-order valence-electron chi connectivity index (χ2n) is 11.0. The third kappa shape index (κ3) is 5.42. The van der Waals surface area contributed by atoms with Crippen LogP contribution in [-0.4, -0.2) is 68.2 Å². The predicted molar refractivity (Wildman–Crippen MR) is 154 cm³/mol. The monoisotopic (exact) mass is 557 g/mol. The van der Waals surface area contributed by atoms with Crippen LogP contribution in [0.15, 0.2) is 24.4 Å². The number of aromatic nitrogens is 1. The molecule has 0 bridgehead atoms. The van der Waals surface area contributed by atoms with E-state index in [1.165, 1.54) is 0 Å². The summed E-state index contributed by atoms with van der Waals surface area (Å²) in [4.78, 5) is 15.7. The van der Waals surface area contributed by atoms with Crippen LogP contribution < -0.4 is 24.8 Å². The Hall–Kier alpha value is -3.50. The number of hydrogen-bond acceptors (Lipinski definition) is 8. The van der Waals surface area contributed by atoms with Gasteiger partial charge in [-0.25, -0.2) is 4.39 Å². The number of hydrogen-bond donors (Lipinski definition) is 2. The van der Waals surface area contributed by atoms with E-state index in [2.05, 4.69) is 0 Å². The number of nitrogen functional groups attached to an aromatic ring is 1. The van der Waals surface area contributed by atoms with Crippen LogP contribution in [0.3, 0.4) is 0 Å². The molecule has 1 aromatic heterocycles. The third-order valence-electron chi connectivity index (χ3n) is 7.26. The number of halogens is 1. The van der Waals surface area contributed by atoms with Gasteiger partial charge in [-0.15, -0.1) is 0 Å². The topological polar surface area (TPSA) is 108 Å². The van der Waals surface area contributed by atoms with Crippen LogP contribution in [0.25, 0.3) is 10.8 Å². The van der Waals surface area contributed by atoms with Gasteiger partial charge in [0.25, 0.3) is 0 Å². The van der Waals surface area contributed by atoms with Gasteiger partial charge in [0.15, 0.2) is 23.1 Å². The third-order valence-corrected chi connectivity index (χ3v) is 7.26. The molecule has 218 valence electrons. The van der Waals surface area contributed by atoms with Crippen molar-refractivity contribution in [2.45, 2.75) is 58.8 Å². The van der Waals surface area contributed by atoms with Crippen molar-refractivity contribution >= 4 is 28.1 Å². The van der Waals surface area contributed by atoms with Crippen molar-refractivity contribution < 1.29 is 33.2 Å². The molecule has 4 rings (SSSR count). The molecule has 3 aromatic rings. The van der Waals surface area contributed by atoms with Crippen molar-refractivity contribution in [3.8, 4) is 17.2 Å². The number of nitrogens with two attached hydrogens (primary N) is 1. The fourth-order valence-electron chi connectivity index (χ4n) is 5.26. The molecule has 0 saturated carbocycles. The van der Waals surface area contributed by atoms with E-state index in [4.69, 9.17) is 24.7 Å². The minimum absolute atomic E-state index is 0.00408. The minimum atomic E-state index is -0.669. The molecule has 0 aliphatic carbocycles. The molecule has 1 aliphatic heterocycles. The smallest absolute Gasteiger partial charge is 0.197 e. The van der Waals surface area contributed by atoms with Gasteiger partial charge < -0.3 is 39.3 Å². The number of benzene rings is 2. The molecular formula is C30H40FN3O6. The van der Waals surface area contributed by atoms with Crippen LogP contribution in [0, 0.1) is 5.82 Å². The summed E-state index contributed by atoms with van der Waals surface area (Å²) < 4.78 is 39.5. The molecule has 9 nitrogen and oxygen atoms in total. The summed E-state index contributed by atoms with van der Waals surface area (Å²) in [5.74, 6) is 0.237. The van der Waals surface area contributed by atoms with E-state index in [0.717, 1.165) is 5.56 Å². The number of nitrogens with zero attached hydrogens (tertiary/aromatic N) is 2. The Bertz CT molecular complexity index is 1400. The molecule has 0 amide bonds. The lowest BCUT2D eigenvalue weighted by molar-refractivity contribution is 0.0217. The summed E-state index contributed by atoms with van der Waals surface area (Å²) >= 11 is 0. The maximum absolute atomic E-state index is 15.5. The van der Waals surface area contributed by atoms with Gasteiger partial charge in [-0.05, 0) is 37.5 Å². The Morgan fingerprint density at radius 1 is 1.10 bits per heavy atom. The number of anilines is 2. The standard InChI is InChI=1S/C30H40FN3O6/c1-8-39-23-12-18-13-34(29(32)25(18)26(31)28(23)40-9-2)14-21(35)17-10-19(30(3,4)5)27(38-7)20(11-17)33-15-22(36)24(16-33)37-6/h10-13,22,24,36H,8-9,14-16,32H2,1-7H3/t22-,24-/m0/s1. The molecule has 10 heteroatoms. The summed E-state index contributed by atoms with van der Waals surface area (Å²) in [6.45, 7) is 11.0. The van der Waals surface area contributed by atoms with Crippen LogP contribution in [0.4, 0.5) is 15.9 Å². The fourth-order valence-corrected chi connectivity index (χ4v) is 5.26. The second-order valence-corrected chi connectivity index (χ2v) is 11.0. The Kier molecular flexibility index (Phi) is 8.51. The average Bonchev–Trinajstić information content (AvgIpc) is 3.43. The summed E-state index contributed by atoms with van der Waals surface area (Å²) in [5.41, 5.74) is 8.05. The normalized spacial score (nSPS) is 17.5. The summed E-state index contributed by atoms with van der Waals surface area (Å²) in [6.07, 6.45) is 0.628. The lowest BCUT2D eigenvalue weighted by Crippen LogP contribution is -2.25. The highest BCUT2D eigenvalue weighted by molar-refractivity contribution is 6.00. The maximum Gasteiger partial charge on any atom is 0.197 e. The first-order valence-electron chi connectivity index (χ1n) is 13.5. The number of Topliss-reactive ketones (excluding diaryl/α,β-unsaturated/α-hetero) is 1. The Balaban J connectivity index is 1.77. The molecule has 3 N–H and O–H groups in total. The molecule has 1 fully saturated rings. The Morgan fingerprint density at radius 2 is 1.80 bits per heavy atom. The Labute approximate surface area is 234 Å². The van der Waals surface area contributed by atoms with Crippen LogP contribution in [0.5, 0.6) is 17.2 Å². The van der Waals surface area contributed by atoms with Gasteiger partial charge >= 0.3 is 0 Å². The first-order valence-corrected chi connectivity index (χ1v) is 13.5. The summed E-state index contributed by atoms with van der Waals surface area (Å²) in [7, 11) is 3.17. The average molecular weight is 558 g/mol. The van der Waals surface area contributed by atoms with Crippen LogP contribution in [0.1, 0.15) is 50.5 Å². The molecule has 0 spiro atoms. The molecule has 2 heterocycles. The number of ketones is 1. The van der Waals surface area contributed by atoms with Gasteiger partial charge in [-0.2, -0.15) is 0 Å². The van der Waals surface area contributed by atoms with Gasteiger partial charge in [0.05, 0.1) is 44.0 Å². The van der Waals surface area contributed by atoms with Gasteiger partial charge in [0.1, 0.15) is 17.7 Å². The van der Waals surface area contributed by atoms with Crippen molar-refractivity contribution in [3.63, 3.8) is 0 Å². The van der Waals surface area contributed by atoms with E-state index in [0.29, 0.717) is 42.1 Å². The Morgan fingerprint density at radius 3 is 2.38 bits per heavy atom. The highest BCUT2D eigenvalue weighted by atomic mass is 19.1. The summed E-state index contributed by atoms with van der Waals surface area (Å²) in [6, 6.07) is 5.30. The number of methoxy groups -OCH3 is 2. The highest BCUT2D eigenvalue weighted by Crippen LogP contribution is 2.42. The number of ether oxygens (including phenoxy) is 4. The zero-order chi connectivity index (χ0) is 29.4. The number of aliphatic hydroxyl groups excluding tert-OH is 1. The summed E-state index contributed by atoms with van der Waals surface area (Å²) in [5, 5.41) is 11.2. The largest absolute Gasteiger partial charge is 0.494 e.